The topological polar surface area (TPSA) is 50.1 Å². The van der Waals surface area contributed by atoms with Crippen LogP contribution in [-0.2, 0) is 0 Å². The van der Waals surface area contributed by atoms with E-state index in [0.29, 0.717) is 10.9 Å². The molecular formula is C25H23F2N3OS. The molecule has 164 valence electrons. The largest absolute Gasteiger partial charge is 0.369 e. The van der Waals surface area contributed by atoms with E-state index in [1.54, 1.807) is 30.3 Å². The first-order valence-electron chi connectivity index (χ1n) is 10.7. The first kappa shape index (κ1) is 20.8. The van der Waals surface area contributed by atoms with Gasteiger partial charge in [-0.3, -0.25) is 0 Å². The summed E-state index contributed by atoms with van der Waals surface area (Å²) in [5.41, 5.74) is 2.86. The smallest absolute Gasteiger partial charge is 0.160 e. The molecule has 5 rings (SSSR count). The number of aliphatic hydroxyl groups is 1. The van der Waals surface area contributed by atoms with Crippen LogP contribution in [0.4, 0.5) is 14.5 Å². The molecule has 1 atom stereocenters. The molecule has 0 amide bonds. The van der Waals surface area contributed by atoms with Gasteiger partial charge in [-0.1, -0.05) is 25.0 Å². The van der Waals surface area contributed by atoms with E-state index < -0.39 is 12.0 Å². The van der Waals surface area contributed by atoms with E-state index in [4.69, 9.17) is 0 Å². The molecule has 4 nitrogen and oxygen atoms in total. The molecule has 2 aromatic carbocycles. The number of anilines is 1. The number of halogens is 2. The van der Waals surface area contributed by atoms with Gasteiger partial charge in [0.15, 0.2) is 6.23 Å². The van der Waals surface area contributed by atoms with E-state index in [2.05, 4.69) is 14.9 Å². The zero-order valence-corrected chi connectivity index (χ0v) is 18.2. The number of para-hydroxylation sites is 1. The van der Waals surface area contributed by atoms with Crippen molar-refractivity contribution in [3.63, 3.8) is 0 Å². The van der Waals surface area contributed by atoms with E-state index in [0.717, 1.165) is 34.7 Å². The van der Waals surface area contributed by atoms with E-state index in [1.807, 2.05) is 18.5 Å². The van der Waals surface area contributed by atoms with Gasteiger partial charge < -0.3 is 15.0 Å². The Hall–Kier alpha value is -3.03. The molecule has 7 heteroatoms. The summed E-state index contributed by atoms with van der Waals surface area (Å²) in [7, 11) is 0. The quantitative estimate of drug-likeness (QED) is 0.318. The molecule has 2 heterocycles. The average molecular weight is 452 g/mol. The van der Waals surface area contributed by atoms with Crippen LogP contribution in [0.5, 0.6) is 0 Å². The normalized spacial score (nSPS) is 15.2. The number of nitrogens with zero attached hydrogens (tertiary/aromatic N) is 2. The van der Waals surface area contributed by atoms with Crippen molar-refractivity contribution >= 4 is 17.0 Å². The summed E-state index contributed by atoms with van der Waals surface area (Å²) in [6.45, 7) is 0. The highest BCUT2D eigenvalue weighted by atomic mass is 32.1. The number of benzene rings is 2. The highest BCUT2D eigenvalue weighted by molar-refractivity contribution is 7.15. The monoisotopic (exact) mass is 451 g/mol. The van der Waals surface area contributed by atoms with Crippen LogP contribution in [0.1, 0.15) is 42.8 Å². The average Bonchev–Trinajstić information content (AvgIpc) is 3.55. The van der Waals surface area contributed by atoms with Crippen molar-refractivity contribution in [3.8, 4) is 21.8 Å². The second-order valence-corrected chi connectivity index (χ2v) is 9.14. The molecule has 0 saturated heterocycles. The van der Waals surface area contributed by atoms with Crippen LogP contribution in [0.2, 0.25) is 0 Å². The summed E-state index contributed by atoms with van der Waals surface area (Å²) in [5, 5.41) is 13.5. The fraction of sp³-hybridized carbons (Fsp3) is 0.240. The number of rotatable bonds is 6. The lowest BCUT2D eigenvalue weighted by Gasteiger charge is -2.16. The molecule has 32 heavy (non-hydrogen) atoms. The second-order valence-electron chi connectivity index (χ2n) is 8.02. The Morgan fingerprint density at radius 3 is 2.50 bits per heavy atom. The molecule has 0 aliphatic heterocycles. The third-order valence-electron chi connectivity index (χ3n) is 5.93. The van der Waals surface area contributed by atoms with Gasteiger partial charge in [-0.2, -0.15) is 0 Å². The Morgan fingerprint density at radius 2 is 1.75 bits per heavy atom. The lowest BCUT2D eigenvalue weighted by molar-refractivity contribution is 0.211. The van der Waals surface area contributed by atoms with Gasteiger partial charge in [0.25, 0.3) is 0 Å². The summed E-state index contributed by atoms with van der Waals surface area (Å²) in [5.74, 6) is -0.701. The van der Waals surface area contributed by atoms with Gasteiger partial charge in [0.05, 0.1) is 33.2 Å². The molecule has 0 radical (unpaired) electrons. The van der Waals surface area contributed by atoms with Gasteiger partial charge >= 0.3 is 0 Å². The van der Waals surface area contributed by atoms with E-state index >= 15 is 0 Å². The van der Waals surface area contributed by atoms with Crippen LogP contribution in [0.15, 0.2) is 67.0 Å². The fourth-order valence-electron chi connectivity index (χ4n) is 4.31. The zero-order chi connectivity index (χ0) is 22.1. The summed E-state index contributed by atoms with van der Waals surface area (Å²) in [6.07, 6.45) is 5.41. The van der Waals surface area contributed by atoms with Gasteiger partial charge in [0, 0.05) is 11.6 Å². The predicted molar refractivity (Wildman–Crippen MR) is 123 cm³/mol. The molecule has 1 fully saturated rings. The summed E-state index contributed by atoms with van der Waals surface area (Å²) in [6, 6.07) is 16.8. The molecule has 1 aliphatic rings. The van der Waals surface area contributed by atoms with Crippen LogP contribution in [-0.4, -0.2) is 14.7 Å². The summed E-state index contributed by atoms with van der Waals surface area (Å²) in [4.78, 5) is 6.32. The summed E-state index contributed by atoms with van der Waals surface area (Å²) < 4.78 is 29.7. The molecule has 0 spiro atoms. The van der Waals surface area contributed by atoms with Crippen LogP contribution < -0.4 is 5.32 Å². The minimum atomic E-state index is -1.04. The molecule has 1 aliphatic carbocycles. The maximum Gasteiger partial charge on any atom is 0.160 e. The van der Waals surface area contributed by atoms with Gasteiger partial charge in [-0.15, -0.1) is 11.3 Å². The van der Waals surface area contributed by atoms with Crippen LogP contribution in [0, 0.1) is 11.6 Å². The van der Waals surface area contributed by atoms with Crippen LogP contribution in [0.3, 0.4) is 0 Å². The van der Waals surface area contributed by atoms with Gasteiger partial charge in [0.1, 0.15) is 11.6 Å². The maximum atomic E-state index is 14.0. The predicted octanol–water partition coefficient (Wildman–Crippen LogP) is 6.77. The molecule has 4 aromatic rings. The van der Waals surface area contributed by atoms with Crippen molar-refractivity contribution in [2.24, 2.45) is 0 Å². The van der Waals surface area contributed by atoms with E-state index in [-0.39, 0.29) is 11.5 Å². The number of hydrogen-bond donors (Lipinski definition) is 2. The zero-order valence-electron chi connectivity index (χ0n) is 17.3. The Bertz CT molecular complexity index is 1210. The molecule has 2 N–H and O–H groups in total. The molecule has 1 unspecified atom stereocenters. The maximum absolute atomic E-state index is 14.0. The van der Waals surface area contributed by atoms with Crippen molar-refractivity contribution in [3.05, 3.63) is 83.5 Å². The number of nitrogens with one attached hydrogen (secondary N) is 1. The van der Waals surface area contributed by atoms with E-state index in [1.165, 1.54) is 42.4 Å². The first-order chi connectivity index (χ1) is 15.6. The van der Waals surface area contributed by atoms with E-state index in [9.17, 15) is 13.9 Å². The lowest BCUT2D eigenvalue weighted by atomic mass is 10.1. The number of aliphatic hydroxyl groups excluding tert-OH is 1. The Labute approximate surface area is 189 Å². The minimum Gasteiger partial charge on any atom is -0.369 e. The van der Waals surface area contributed by atoms with Gasteiger partial charge in [0.2, 0.25) is 0 Å². The first-order valence-corrected chi connectivity index (χ1v) is 11.5. The van der Waals surface area contributed by atoms with Crippen LogP contribution in [0.25, 0.3) is 21.8 Å². The standard InChI is InChI=1S/C25H23F2N3OS/c26-17-11-9-16(10-12-17)23-24(30(15-28-23)18-5-1-2-6-18)21-13-14-22(32-21)25(31)29-20-8-4-3-7-19(20)27/h3-4,7-15,18,25,29,31H,1-2,5-6H2. The second kappa shape index (κ2) is 8.84. The third-order valence-corrected chi connectivity index (χ3v) is 7.07. The Kier molecular flexibility index (Phi) is 5.76. The minimum absolute atomic E-state index is 0.248. The van der Waals surface area contributed by atoms with Crippen LogP contribution >= 0.6 is 11.3 Å². The number of thiophene rings is 1. The van der Waals surface area contributed by atoms with Crippen molar-refractivity contribution in [1.82, 2.24) is 9.55 Å². The number of imidazole rings is 1. The molecular weight excluding hydrogens is 428 g/mol. The Balaban J connectivity index is 1.51. The van der Waals surface area contributed by atoms with Crippen molar-refractivity contribution in [1.29, 1.82) is 0 Å². The summed E-state index contributed by atoms with van der Waals surface area (Å²) >= 11 is 1.44. The molecule has 2 aromatic heterocycles. The molecule has 1 saturated carbocycles. The van der Waals surface area contributed by atoms with Gasteiger partial charge in [-0.25, -0.2) is 13.8 Å². The van der Waals surface area contributed by atoms with Crippen molar-refractivity contribution < 1.29 is 13.9 Å². The lowest BCUT2D eigenvalue weighted by Crippen LogP contribution is -2.09. The van der Waals surface area contributed by atoms with Gasteiger partial charge in [-0.05, 0) is 61.4 Å². The highest BCUT2D eigenvalue weighted by Crippen LogP contribution is 2.41. The molecule has 0 bridgehead atoms. The number of aromatic nitrogens is 2. The SMILES string of the molecule is OC(Nc1ccccc1F)c1ccc(-c2c(-c3ccc(F)cc3)ncn2C2CCCC2)s1. The Morgan fingerprint density at radius 1 is 1.00 bits per heavy atom. The van der Waals surface area contributed by atoms with Crippen molar-refractivity contribution in [2.45, 2.75) is 38.0 Å². The highest BCUT2D eigenvalue weighted by Gasteiger charge is 2.25. The van der Waals surface area contributed by atoms with Crippen molar-refractivity contribution in [2.75, 3.05) is 5.32 Å². The number of hydrogen-bond acceptors (Lipinski definition) is 4. The third kappa shape index (κ3) is 4.06. The fourth-order valence-corrected chi connectivity index (χ4v) is 5.30.